The van der Waals surface area contributed by atoms with Gasteiger partial charge in [0, 0.05) is 18.0 Å². The molecule has 3 rings (SSSR count). The fraction of sp³-hybridized carbons (Fsp3) is 0.429. The summed E-state index contributed by atoms with van der Waals surface area (Å²) in [6, 6.07) is 0.0620. The molecule has 0 aliphatic carbocycles. The van der Waals surface area contributed by atoms with Crippen molar-refractivity contribution in [3.8, 4) is 0 Å². The van der Waals surface area contributed by atoms with E-state index in [9.17, 15) is 0 Å². The van der Waals surface area contributed by atoms with Gasteiger partial charge >= 0.3 is 0 Å². The third kappa shape index (κ3) is 2.33. The highest BCUT2D eigenvalue weighted by atomic mass is 16.5. The summed E-state index contributed by atoms with van der Waals surface area (Å²) in [5.41, 5.74) is 2.13. The zero-order valence-electron chi connectivity index (χ0n) is 11.0. The Balaban J connectivity index is 2.01. The Hall–Kier alpha value is -1.88. The smallest absolute Gasteiger partial charge is 0.114 e. The van der Waals surface area contributed by atoms with Crippen LogP contribution in [0.25, 0.3) is 5.52 Å². The fourth-order valence-electron chi connectivity index (χ4n) is 2.42. The Morgan fingerprint density at radius 3 is 3.21 bits per heavy atom. The summed E-state index contributed by atoms with van der Waals surface area (Å²) < 4.78 is 7.65. The summed E-state index contributed by atoms with van der Waals surface area (Å²) in [5.74, 6) is 1.01. The first-order chi connectivity index (χ1) is 9.40. The van der Waals surface area contributed by atoms with Crippen molar-refractivity contribution in [1.29, 1.82) is 0 Å². The summed E-state index contributed by atoms with van der Waals surface area (Å²) in [5, 5.41) is 7.84. The zero-order valence-corrected chi connectivity index (χ0v) is 11.0. The average Bonchev–Trinajstić information content (AvgIpc) is 2.89. The molecule has 2 aromatic rings. The Morgan fingerprint density at radius 2 is 2.42 bits per heavy atom. The number of fused-ring (bicyclic) bond motifs is 1. The molecule has 0 saturated carbocycles. The van der Waals surface area contributed by atoms with Crippen LogP contribution in [0.5, 0.6) is 0 Å². The van der Waals surface area contributed by atoms with Crippen LogP contribution in [0.15, 0.2) is 36.6 Å². The van der Waals surface area contributed by atoms with Gasteiger partial charge in [-0.05, 0) is 25.5 Å². The maximum absolute atomic E-state index is 5.81. The Morgan fingerprint density at radius 1 is 1.47 bits per heavy atom. The van der Waals surface area contributed by atoms with E-state index in [1.807, 2.05) is 23.1 Å². The topological polar surface area (TPSA) is 51.5 Å². The van der Waals surface area contributed by atoms with Gasteiger partial charge in [0.25, 0.3) is 0 Å². The lowest BCUT2D eigenvalue weighted by Crippen LogP contribution is -2.25. The van der Waals surface area contributed by atoms with Crippen LogP contribution in [0.2, 0.25) is 0 Å². The van der Waals surface area contributed by atoms with Crippen molar-refractivity contribution in [2.45, 2.75) is 25.8 Å². The molecule has 0 amide bonds. The number of likely N-dealkylation sites (N-methyl/N-ethyl adjacent to an activating group) is 1. The second-order valence-corrected chi connectivity index (χ2v) is 4.59. The van der Waals surface area contributed by atoms with Gasteiger partial charge in [-0.2, -0.15) is 5.10 Å². The number of nitrogens with zero attached hydrogens (tertiary/aromatic N) is 3. The molecule has 100 valence electrons. The number of aromatic nitrogens is 3. The first kappa shape index (κ1) is 12.2. The van der Waals surface area contributed by atoms with Crippen LogP contribution in [-0.4, -0.2) is 27.7 Å². The van der Waals surface area contributed by atoms with Crippen molar-refractivity contribution in [3.63, 3.8) is 0 Å². The Labute approximate surface area is 112 Å². The Kier molecular flexibility index (Phi) is 3.46. The quantitative estimate of drug-likeness (QED) is 0.912. The van der Waals surface area contributed by atoms with Crippen molar-refractivity contribution in [2.75, 3.05) is 13.2 Å². The van der Waals surface area contributed by atoms with Crippen LogP contribution < -0.4 is 5.32 Å². The van der Waals surface area contributed by atoms with E-state index in [0.29, 0.717) is 0 Å². The van der Waals surface area contributed by atoms with Crippen molar-refractivity contribution in [2.24, 2.45) is 0 Å². The molecule has 2 aromatic heterocycles. The van der Waals surface area contributed by atoms with E-state index in [4.69, 9.17) is 4.74 Å². The summed E-state index contributed by atoms with van der Waals surface area (Å²) in [7, 11) is 0. The second-order valence-electron chi connectivity index (χ2n) is 4.59. The van der Waals surface area contributed by atoms with Gasteiger partial charge in [-0.3, -0.25) is 4.98 Å². The molecule has 0 fully saturated rings. The van der Waals surface area contributed by atoms with Gasteiger partial charge in [0.1, 0.15) is 5.76 Å². The van der Waals surface area contributed by atoms with Crippen LogP contribution in [-0.2, 0) is 4.74 Å². The van der Waals surface area contributed by atoms with Crippen LogP contribution in [0.4, 0.5) is 0 Å². The standard InChI is InChI=1S/C14H18N4O/c1-2-16-14(13-5-3-4-8-19-13)11-9-17-18-7-6-15-10-12(11)18/h5-7,9-10,14,16H,2-4,8H2,1H3. The van der Waals surface area contributed by atoms with Gasteiger partial charge in [-0.1, -0.05) is 6.92 Å². The number of hydrogen-bond acceptors (Lipinski definition) is 4. The predicted octanol–water partition coefficient (Wildman–Crippen LogP) is 2.07. The van der Waals surface area contributed by atoms with Crippen molar-refractivity contribution in [3.05, 3.63) is 42.2 Å². The second kappa shape index (κ2) is 5.40. The molecule has 0 saturated heterocycles. The van der Waals surface area contributed by atoms with Gasteiger partial charge in [0.2, 0.25) is 0 Å². The minimum Gasteiger partial charge on any atom is -0.496 e. The normalized spacial score (nSPS) is 17.0. The SMILES string of the molecule is CCNC(C1=CCCCO1)c1cnn2ccncc12. The molecular weight excluding hydrogens is 240 g/mol. The summed E-state index contributed by atoms with van der Waals surface area (Å²) in [6.07, 6.45) is 11.7. The number of nitrogens with one attached hydrogen (secondary N) is 1. The van der Waals surface area contributed by atoms with Gasteiger partial charge < -0.3 is 10.1 Å². The molecule has 5 heteroatoms. The van der Waals surface area contributed by atoms with E-state index < -0.39 is 0 Å². The maximum Gasteiger partial charge on any atom is 0.114 e. The lowest BCUT2D eigenvalue weighted by molar-refractivity contribution is 0.168. The molecule has 0 aromatic carbocycles. The first-order valence-electron chi connectivity index (χ1n) is 6.73. The third-order valence-corrected chi connectivity index (χ3v) is 3.32. The summed E-state index contributed by atoms with van der Waals surface area (Å²) in [6.45, 7) is 3.77. The molecule has 1 N–H and O–H groups in total. The Bertz CT molecular complexity index is 590. The number of hydrogen-bond donors (Lipinski definition) is 1. The minimum atomic E-state index is 0.0620. The lowest BCUT2D eigenvalue weighted by Gasteiger charge is -2.24. The van der Waals surface area contributed by atoms with Gasteiger partial charge in [-0.25, -0.2) is 4.52 Å². The predicted molar refractivity (Wildman–Crippen MR) is 72.7 cm³/mol. The molecule has 0 bridgehead atoms. The summed E-state index contributed by atoms with van der Waals surface area (Å²) >= 11 is 0. The van der Waals surface area contributed by atoms with Crippen LogP contribution in [0, 0.1) is 0 Å². The molecular formula is C14H18N4O. The van der Waals surface area contributed by atoms with E-state index in [-0.39, 0.29) is 6.04 Å². The summed E-state index contributed by atoms with van der Waals surface area (Å²) in [4.78, 5) is 4.18. The van der Waals surface area contributed by atoms with Crippen LogP contribution >= 0.6 is 0 Å². The van der Waals surface area contributed by atoms with E-state index in [1.165, 1.54) is 0 Å². The third-order valence-electron chi connectivity index (χ3n) is 3.32. The maximum atomic E-state index is 5.81. The monoisotopic (exact) mass is 258 g/mol. The molecule has 0 spiro atoms. The van der Waals surface area contributed by atoms with Gasteiger partial charge in [-0.15, -0.1) is 0 Å². The molecule has 5 nitrogen and oxygen atoms in total. The largest absolute Gasteiger partial charge is 0.496 e. The van der Waals surface area contributed by atoms with E-state index in [1.54, 1.807) is 6.20 Å². The molecule has 1 aliphatic rings. The zero-order chi connectivity index (χ0) is 13.1. The van der Waals surface area contributed by atoms with E-state index >= 15 is 0 Å². The van der Waals surface area contributed by atoms with Gasteiger partial charge in [0.05, 0.1) is 30.6 Å². The first-order valence-corrected chi connectivity index (χ1v) is 6.73. The molecule has 1 aliphatic heterocycles. The lowest BCUT2D eigenvalue weighted by atomic mass is 10.0. The van der Waals surface area contributed by atoms with E-state index in [0.717, 1.165) is 42.8 Å². The average molecular weight is 258 g/mol. The fourth-order valence-corrected chi connectivity index (χ4v) is 2.42. The molecule has 19 heavy (non-hydrogen) atoms. The molecule has 3 heterocycles. The number of allylic oxidation sites excluding steroid dienone is 1. The van der Waals surface area contributed by atoms with Crippen molar-refractivity contribution < 1.29 is 4.74 Å². The van der Waals surface area contributed by atoms with Crippen LogP contribution in [0.3, 0.4) is 0 Å². The van der Waals surface area contributed by atoms with Gasteiger partial charge in [0.15, 0.2) is 0 Å². The minimum absolute atomic E-state index is 0.0620. The number of rotatable bonds is 4. The highest BCUT2D eigenvalue weighted by Gasteiger charge is 2.22. The highest BCUT2D eigenvalue weighted by molar-refractivity contribution is 5.54. The molecule has 0 radical (unpaired) electrons. The van der Waals surface area contributed by atoms with Crippen molar-refractivity contribution >= 4 is 5.52 Å². The molecule has 1 unspecified atom stereocenters. The number of ether oxygens (including phenoxy) is 1. The molecule has 1 atom stereocenters. The van der Waals surface area contributed by atoms with Crippen molar-refractivity contribution in [1.82, 2.24) is 19.9 Å². The highest BCUT2D eigenvalue weighted by Crippen LogP contribution is 2.28. The van der Waals surface area contributed by atoms with Crippen LogP contribution in [0.1, 0.15) is 31.4 Å². The van der Waals surface area contributed by atoms with E-state index in [2.05, 4.69) is 28.4 Å².